The quantitative estimate of drug-likeness (QED) is 0.0329. The molecule has 0 atom stereocenters. The van der Waals surface area contributed by atoms with E-state index in [9.17, 15) is 0 Å². The third-order valence-corrected chi connectivity index (χ3v) is 11.4. The van der Waals surface area contributed by atoms with Gasteiger partial charge in [0.25, 0.3) is 0 Å². The van der Waals surface area contributed by atoms with E-state index in [2.05, 4.69) is 137 Å². The van der Waals surface area contributed by atoms with Gasteiger partial charge in [-0.15, -0.1) is 0 Å². The van der Waals surface area contributed by atoms with E-state index in [1.165, 1.54) is 160 Å². The van der Waals surface area contributed by atoms with Gasteiger partial charge in [-0.3, -0.25) is 0 Å². The molecule has 0 fully saturated rings. The first kappa shape index (κ1) is 43.9. The SMILES string of the molecule is CCCCCCCCc1cc(C=C[N+](CC)=Nc2cc(CCCCCCCC)c(CCCCCCCC)c(-c3ccccc3)c2)cc(-c2ccccc2)c1C. The van der Waals surface area contributed by atoms with Crippen molar-refractivity contribution < 1.29 is 4.70 Å². The zero-order valence-electron chi connectivity index (χ0n) is 35.7. The lowest BCUT2D eigenvalue weighted by atomic mass is 9.88. The van der Waals surface area contributed by atoms with Crippen LogP contribution in [0.25, 0.3) is 28.3 Å². The van der Waals surface area contributed by atoms with Crippen LogP contribution >= 0.6 is 0 Å². The van der Waals surface area contributed by atoms with Crippen LogP contribution in [0.3, 0.4) is 0 Å². The second kappa shape index (κ2) is 26.1. The molecular weight excluding hydrogens is 665 g/mol. The van der Waals surface area contributed by atoms with Crippen LogP contribution in [-0.2, 0) is 19.3 Å². The van der Waals surface area contributed by atoms with Crippen LogP contribution in [0.2, 0.25) is 0 Å². The number of hydrogen-bond acceptors (Lipinski definition) is 1. The molecule has 55 heavy (non-hydrogen) atoms. The Morgan fingerprint density at radius 2 is 0.982 bits per heavy atom. The summed E-state index contributed by atoms with van der Waals surface area (Å²) in [5.74, 6) is 0. The average molecular weight is 740 g/mol. The van der Waals surface area contributed by atoms with Gasteiger partial charge in [0.2, 0.25) is 0 Å². The predicted octanol–water partition coefficient (Wildman–Crippen LogP) is 16.8. The van der Waals surface area contributed by atoms with Gasteiger partial charge in [0, 0.05) is 6.08 Å². The molecule has 0 N–H and O–H groups in total. The van der Waals surface area contributed by atoms with Gasteiger partial charge >= 0.3 is 0 Å². The number of benzene rings is 4. The zero-order chi connectivity index (χ0) is 38.9. The maximum atomic E-state index is 5.33. The Labute approximate surface area is 337 Å². The zero-order valence-corrected chi connectivity index (χ0v) is 35.7. The summed E-state index contributed by atoms with van der Waals surface area (Å²) in [6.07, 6.45) is 31.7. The molecule has 0 spiro atoms. The Hall–Kier alpha value is -3.78. The standard InChI is InChI=1S/C53H75N2/c1-6-10-13-16-19-24-35-48-40-45(41-52(44(48)5)46-31-26-22-27-32-46)38-39-55(9-4)54-50-42-49(36-25-20-17-14-11-7-2)51(37-30-21-18-15-12-8-3)53(43-50)47-33-28-23-29-34-47/h22-23,26-29,31-34,38-43H,6-21,24-25,30,35-37H2,1-5H3/q+1. The number of aryl methyl sites for hydroxylation is 2. The Bertz CT molecular complexity index is 1700. The lowest BCUT2D eigenvalue weighted by molar-refractivity contribution is -0.519. The van der Waals surface area contributed by atoms with E-state index >= 15 is 0 Å². The molecule has 0 aliphatic rings. The molecule has 4 aromatic carbocycles. The monoisotopic (exact) mass is 740 g/mol. The number of unbranched alkanes of at least 4 members (excludes halogenated alkanes) is 15. The van der Waals surface area contributed by atoms with Gasteiger partial charge in [0.1, 0.15) is 5.69 Å². The molecule has 2 nitrogen and oxygen atoms in total. The van der Waals surface area contributed by atoms with Gasteiger partial charge in [-0.1, -0.05) is 189 Å². The minimum Gasteiger partial charge on any atom is -0.0910 e. The molecule has 0 radical (unpaired) electrons. The molecule has 0 aliphatic carbocycles. The molecule has 0 heterocycles. The molecule has 4 aromatic rings. The molecule has 0 bridgehead atoms. The minimum absolute atomic E-state index is 0.811. The average Bonchev–Trinajstić information content (AvgIpc) is 3.22. The van der Waals surface area contributed by atoms with Crippen molar-refractivity contribution in [3.63, 3.8) is 0 Å². The van der Waals surface area contributed by atoms with E-state index in [1.807, 2.05) is 0 Å². The molecule has 0 unspecified atom stereocenters. The Balaban J connectivity index is 1.67. The summed E-state index contributed by atoms with van der Waals surface area (Å²) in [6, 6.07) is 31.6. The van der Waals surface area contributed by atoms with Crippen LogP contribution in [0.4, 0.5) is 5.69 Å². The van der Waals surface area contributed by atoms with Crippen molar-refractivity contribution in [2.24, 2.45) is 5.11 Å². The highest BCUT2D eigenvalue weighted by atomic mass is 15.2. The first-order chi connectivity index (χ1) is 27.1. The third kappa shape index (κ3) is 15.3. The van der Waals surface area contributed by atoms with Crippen molar-refractivity contribution in [1.29, 1.82) is 0 Å². The number of hydrogen-bond donors (Lipinski definition) is 0. The first-order valence-corrected chi connectivity index (χ1v) is 22.6. The lowest BCUT2D eigenvalue weighted by Crippen LogP contribution is -2.02. The van der Waals surface area contributed by atoms with Crippen molar-refractivity contribution in [3.8, 4) is 22.3 Å². The summed E-state index contributed by atoms with van der Waals surface area (Å²) < 4.78 is 2.14. The predicted molar refractivity (Wildman–Crippen MR) is 242 cm³/mol. The second-order valence-corrected chi connectivity index (χ2v) is 15.9. The van der Waals surface area contributed by atoms with Gasteiger partial charge in [0.05, 0.1) is 0 Å². The normalized spacial score (nSPS) is 11.9. The highest BCUT2D eigenvalue weighted by Gasteiger charge is 2.15. The van der Waals surface area contributed by atoms with Crippen LogP contribution in [0.1, 0.15) is 171 Å². The lowest BCUT2D eigenvalue weighted by Gasteiger charge is -2.17. The molecule has 296 valence electrons. The van der Waals surface area contributed by atoms with Crippen molar-refractivity contribution in [2.75, 3.05) is 6.54 Å². The van der Waals surface area contributed by atoms with E-state index in [0.717, 1.165) is 31.5 Å². The van der Waals surface area contributed by atoms with Crippen LogP contribution in [0, 0.1) is 6.92 Å². The second-order valence-electron chi connectivity index (χ2n) is 15.9. The summed E-state index contributed by atoms with van der Waals surface area (Å²) in [4.78, 5) is 0. The van der Waals surface area contributed by atoms with Gasteiger partial charge in [-0.05, 0) is 126 Å². The summed E-state index contributed by atoms with van der Waals surface area (Å²) in [6.45, 7) is 12.3. The maximum absolute atomic E-state index is 5.33. The molecule has 0 saturated heterocycles. The minimum atomic E-state index is 0.811. The molecule has 4 rings (SSSR count). The van der Waals surface area contributed by atoms with E-state index in [-0.39, 0.29) is 0 Å². The Morgan fingerprint density at radius 3 is 1.53 bits per heavy atom. The third-order valence-electron chi connectivity index (χ3n) is 11.4. The van der Waals surface area contributed by atoms with E-state index < -0.39 is 0 Å². The van der Waals surface area contributed by atoms with Gasteiger partial charge in [-0.2, -0.15) is 0 Å². The van der Waals surface area contributed by atoms with E-state index in [1.54, 1.807) is 5.56 Å². The fourth-order valence-corrected chi connectivity index (χ4v) is 8.04. The molecule has 0 amide bonds. The topological polar surface area (TPSA) is 15.4 Å². The van der Waals surface area contributed by atoms with Crippen molar-refractivity contribution in [1.82, 2.24) is 0 Å². The molecular formula is C53H75N2+. The highest BCUT2D eigenvalue weighted by Crippen LogP contribution is 2.35. The highest BCUT2D eigenvalue weighted by molar-refractivity contribution is 5.73. The first-order valence-electron chi connectivity index (χ1n) is 22.6. The number of nitrogens with zero attached hydrogens (tertiary/aromatic N) is 2. The smallest absolute Gasteiger partial charge is 0.0910 e. The van der Waals surface area contributed by atoms with Crippen LogP contribution in [0.15, 0.2) is 96.2 Å². The molecule has 0 saturated carbocycles. The molecule has 0 aliphatic heterocycles. The fraction of sp³-hybridized carbons (Fsp3) is 0.509. The summed E-state index contributed by atoms with van der Waals surface area (Å²) in [7, 11) is 0. The van der Waals surface area contributed by atoms with Crippen LogP contribution < -0.4 is 0 Å². The number of rotatable bonds is 27. The van der Waals surface area contributed by atoms with Crippen LogP contribution in [0.5, 0.6) is 0 Å². The van der Waals surface area contributed by atoms with Crippen molar-refractivity contribution in [2.45, 2.75) is 169 Å². The maximum Gasteiger partial charge on any atom is 0.196 e. The van der Waals surface area contributed by atoms with Gasteiger partial charge in [0.15, 0.2) is 12.7 Å². The van der Waals surface area contributed by atoms with Crippen molar-refractivity contribution >= 4 is 11.8 Å². The summed E-state index contributed by atoms with van der Waals surface area (Å²) in [5, 5.41) is 5.33. The van der Waals surface area contributed by atoms with Gasteiger partial charge in [-0.25, -0.2) is 0 Å². The van der Waals surface area contributed by atoms with Gasteiger partial charge < -0.3 is 0 Å². The summed E-state index contributed by atoms with van der Waals surface area (Å²) in [5.41, 5.74) is 13.6. The Morgan fingerprint density at radius 1 is 0.491 bits per heavy atom. The van der Waals surface area contributed by atoms with Crippen molar-refractivity contribution in [3.05, 3.63) is 119 Å². The number of azo groups is 2. The molecule has 0 aromatic heterocycles. The summed E-state index contributed by atoms with van der Waals surface area (Å²) >= 11 is 0. The fourth-order valence-electron chi connectivity index (χ4n) is 8.04. The van der Waals surface area contributed by atoms with E-state index in [0.29, 0.717) is 0 Å². The van der Waals surface area contributed by atoms with E-state index in [4.69, 9.17) is 5.11 Å². The largest absolute Gasteiger partial charge is 0.196 e. The van der Waals surface area contributed by atoms with Crippen LogP contribution in [-0.4, -0.2) is 11.2 Å². The Kier molecular flexibility index (Phi) is 20.9. The molecule has 2 heteroatoms.